The zero-order chi connectivity index (χ0) is 24.6. The number of carboxylic acid groups (broad SMARTS) is 1. The van der Waals surface area contributed by atoms with E-state index in [2.05, 4.69) is 14.7 Å². The number of rotatable bonds is 5. The van der Waals surface area contributed by atoms with Gasteiger partial charge < -0.3 is 30.1 Å². The second-order valence-electron chi connectivity index (χ2n) is 7.19. The molecule has 180 valence electrons. The largest absolute Gasteiger partial charge is 0.573 e. The number of urea groups is 1. The van der Waals surface area contributed by atoms with Crippen molar-refractivity contribution in [1.82, 2.24) is 14.9 Å². The van der Waals surface area contributed by atoms with Gasteiger partial charge in [-0.2, -0.15) is 0 Å². The van der Waals surface area contributed by atoms with E-state index >= 15 is 0 Å². The summed E-state index contributed by atoms with van der Waals surface area (Å²) < 4.78 is 49.1. The third-order valence-corrected chi connectivity index (χ3v) is 5.05. The number of amides is 3. The lowest BCUT2D eigenvalue weighted by Crippen LogP contribution is -2.36. The molecule has 0 spiro atoms. The maximum Gasteiger partial charge on any atom is 0.573 e. The lowest BCUT2D eigenvalue weighted by molar-refractivity contribution is -0.274. The zero-order valence-electron chi connectivity index (χ0n) is 17.3. The van der Waals surface area contributed by atoms with E-state index in [1.54, 1.807) is 0 Å². The number of ether oxygens (including phenoxy) is 2. The van der Waals surface area contributed by atoms with E-state index in [0.717, 1.165) is 27.1 Å². The molecule has 2 aliphatic rings. The van der Waals surface area contributed by atoms with Gasteiger partial charge in [0.2, 0.25) is 5.88 Å². The highest BCUT2D eigenvalue weighted by molar-refractivity contribution is 6.11. The summed E-state index contributed by atoms with van der Waals surface area (Å²) in [5, 5.41) is 8.92. The summed E-state index contributed by atoms with van der Waals surface area (Å²) in [7, 11) is 0. The second-order valence-corrected chi connectivity index (χ2v) is 7.19. The third-order valence-electron chi connectivity index (χ3n) is 5.05. The van der Waals surface area contributed by atoms with E-state index in [4.69, 9.17) is 15.6 Å². The van der Waals surface area contributed by atoms with Crippen molar-refractivity contribution < 1.29 is 42.1 Å². The van der Waals surface area contributed by atoms with Crippen LogP contribution in [0.25, 0.3) is 0 Å². The first-order valence-corrected chi connectivity index (χ1v) is 9.78. The first kappa shape index (κ1) is 22.9. The lowest BCUT2D eigenvalue weighted by atomic mass is 10.2. The fourth-order valence-corrected chi connectivity index (χ4v) is 3.63. The van der Waals surface area contributed by atoms with Crippen LogP contribution in [0.15, 0.2) is 24.5 Å². The van der Waals surface area contributed by atoms with Crippen LogP contribution >= 0.6 is 0 Å². The van der Waals surface area contributed by atoms with E-state index in [1.165, 1.54) is 12.1 Å². The normalized spacial score (nSPS) is 16.3. The number of aromatic nitrogens is 2. The molecule has 0 atom stereocenters. The Kier molecular flexibility index (Phi) is 5.76. The Morgan fingerprint density at radius 2 is 1.94 bits per heavy atom. The van der Waals surface area contributed by atoms with Crippen molar-refractivity contribution >= 4 is 35.1 Å². The summed E-state index contributed by atoms with van der Waals surface area (Å²) in [5.41, 5.74) is 5.42. The number of benzene rings is 1. The molecule has 1 saturated heterocycles. The fraction of sp³-hybridized carbons (Fsp3) is 0.316. The van der Waals surface area contributed by atoms with Gasteiger partial charge in [0, 0.05) is 24.8 Å². The minimum Gasteiger partial charge on any atom is -0.480 e. The molecular formula is C19H17F3N6O6. The predicted octanol–water partition coefficient (Wildman–Crippen LogP) is 1.32. The van der Waals surface area contributed by atoms with Crippen LogP contribution in [-0.4, -0.2) is 77.0 Å². The minimum atomic E-state index is -5.10. The van der Waals surface area contributed by atoms with Crippen molar-refractivity contribution in [2.75, 3.05) is 48.3 Å². The van der Waals surface area contributed by atoms with Gasteiger partial charge in [0.1, 0.15) is 30.9 Å². The number of aliphatic carboxylic acids is 1. The predicted molar refractivity (Wildman–Crippen MR) is 109 cm³/mol. The Morgan fingerprint density at radius 3 is 2.65 bits per heavy atom. The summed E-state index contributed by atoms with van der Waals surface area (Å²) >= 11 is 0. The number of carbonyl (C=O) groups is 3. The van der Waals surface area contributed by atoms with E-state index in [0.29, 0.717) is 0 Å². The van der Waals surface area contributed by atoms with Gasteiger partial charge >= 0.3 is 18.4 Å². The number of fused-ring (bicyclic) bond motifs is 1. The number of carboxylic acids is 1. The van der Waals surface area contributed by atoms with Crippen LogP contribution in [0.4, 0.5) is 35.2 Å². The summed E-state index contributed by atoms with van der Waals surface area (Å²) in [6.45, 7) is -0.739. The molecular weight excluding hydrogens is 465 g/mol. The molecule has 1 fully saturated rings. The molecule has 1 aromatic carbocycles. The van der Waals surface area contributed by atoms with E-state index in [-0.39, 0.29) is 54.9 Å². The van der Waals surface area contributed by atoms with Crippen LogP contribution < -0.4 is 25.0 Å². The van der Waals surface area contributed by atoms with E-state index < -0.39 is 36.6 Å². The highest BCUT2D eigenvalue weighted by atomic mass is 19.4. The molecule has 1 aromatic heterocycles. The second kappa shape index (κ2) is 8.57. The van der Waals surface area contributed by atoms with Gasteiger partial charge in [-0.1, -0.05) is 0 Å². The summed E-state index contributed by atoms with van der Waals surface area (Å²) in [4.78, 5) is 47.3. The first-order valence-electron chi connectivity index (χ1n) is 9.78. The number of nitrogens with zero attached hydrogens (tertiary/aromatic N) is 5. The van der Waals surface area contributed by atoms with Gasteiger partial charge in [-0.15, -0.1) is 13.2 Å². The molecule has 3 N–H and O–H groups in total. The first-order chi connectivity index (χ1) is 16.0. The molecule has 0 radical (unpaired) electrons. The molecule has 15 heteroatoms. The van der Waals surface area contributed by atoms with Crippen molar-refractivity contribution in [1.29, 1.82) is 0 Å². The number of nitrogens with two attached hydrogens (primary N) is 1. The lowest BCUT2D eigenvalue weighted by Gasteiger charge is -2.25. The van der Waals surface area contributed by atoms with Gasteiger partial charge in [-0.05, 0) is 12.1 Å². The van der Waals surface area contributed by atoms with Gasteiger partial charge in [0.05, 0.1) is 12.2 Å². The Bertz CT molecular complexity index is 1160. The van der Waals surface area contributed by atoms with E-state index in [1.807, 2.05) is 0 Å². The quantitative estimate of drug-likeness (QED) is 0.643. The fourth-order valence-electron chi connectivity index (χ4n) is 3.63. The van der Waals surface area contributed by atoms with Gasteiger partial charge in [-0.25, -0.2) is 14.8 Å². The monoisotopic (exact) mass is 482 g/mol. The third kappa shape index (κ3) is 4.44. The topological polar surface area (TPSA) is 151 Å². The Labute approximate surface area is 189 Å². The van der Waals surface area contributed by atoms with Crippen LogP contribution in [0.2, 0.25) is 0 Å². The standard InChI is InChI=1S/C19H17F3N6O6/c20-19(21,22)34-12-7-10(1-2-11(12)28-4-3-26(18(28)32)8-13(29)30)27-5-6-33-16-14(17(27)31)15(23)24-9-25-16/h1-2,7,9H,3-6,8H2,(H,29,30)(H2,23,24,25). The van der Waals surface area contributed by atoms with Crippen LogP contribution in [0.1, 0.15) is 10.4 Å². The van der Waals surface area contributed by atoms with Gasteiger partial charge in [0.25, 0.3) is 5.91 Å². The van der Waals surface area contributed by atoms with Crippen molar-refractivity contribution in [2.24, 2.45) is 0 Å². The molecule has 0 bridgehead atoms. The number of hydrogen-bond acceptors (Lipinski definition) is 8. The van der Waals surface area contributed by atoms with Crippen LogP contribution in [-0.2, 0) is 4.79 Å². The highest BCUT2D eigenvalue weighted by Gasteiger charge is 2.38. The van der Waals surface area contributed by atoms with Crippen LogP contribution in [0, 0.1) is 0 Å². The molecule has 12 nitrogen and oxygen atoms in total. The van der Waals surface area contributed by atoms with Gasteiger partial charge in [0.15, 0.2) is 5.75 Å². The zero-order valence-corrected chi connectivity index (χ0v) is 17.3. The number of alkyl halides is 3. The molecule has 2 aliphatic heterocycles. The highest BCUT2D eigenvalue weighted by Crippen LogP contribution is 2.39. The number of anilines is 3. The Morgan fingerprint density at radius 1 is 1.18 bits per heavy atom. The molecule has 34 heavy (non-hydrogen) atoms. The smallest absolute Gasteiger partial charge is 0.480 e. The molecule has 4 rings (SSSR count). The minimum absolute atomic E-state index is 0.00362. The molecule has 0 aliphatic carbocycles. The summed E-state index contributed by atoms with van der Waals surface area (Å²) in [5.74, 6) is -2.91. The Balaban J connectivity index is 1.71. The number of halogens is 3. The van der Waals surface area contributed by atoms with Gasteiger partial charge in [-0.3, -0.25) is 14.5 Å². The summed E-state index contributed by atoms with van der Waals surface area (Å²) in [6, 6.07) is 2.68. The van der Waals surface area contributed by atoms with Crippen molar-refractivity contribution in [2.45, 2.75) is 6.36 Å². The maximum absolute atomic E-state index is 13.2. The van der Waals surface area contributed by atoms with Crippen molar-refractivity contribution in [3.8, 4) is 11.6 Å². The number of hydrogen-bond donors (Lipinski definition) is 2. The average molecular weight is 482 g/mol. The molecule has 0 saturated carbocycles. The molecule has 0 unspecified atom stereocenters. The van der Waals surface area contributed by atoms with Crippen molar-refractivity contribution in [3.05, 3.63) is 30.1 Å². The molecule has 3 heterocycles. The summed E-state index contributed by atoms with van der Waals surface area (Å²) in [6.07, 6.45) is -3.99. The number of carbonyl (C=O) groups excluding carboxylic acids is 2. The average Bonchev–Trinajstić information content (AvgIpc) is 2.99. The Hall–Kier alpha value is -4.30. The molecule has 3 amide bonds. The SMILES string of the molecule is Nc1ncnc2c1C(=O)N(c1ccc(N3CCN(CC(=O)O)C3=O)c(OC(F)(F)F)c1)CCO2. The maximum atomic E-state index is 13.2. The molecule has 2 aromatic rings. The van der Waals surface area contributed by atoms with Crippen LogP contribution in [0.5, 0.6) is 11.6 Å². The van der Waals surface area contributed by atoms with Crippen molar-refractivity contribution in [3.63, 3.8) is 0 Å². The van der Waals surface area contributed by atoms with E-state index in [9.17, 15) is 27.6 Å². The number of nitrogen functional groups attached to an aromatic ring is 1. The van der Waals surface area contributed by atoms with Crippen LogP contribution in [0.3, 0.4) is 0 Å².